The van der Waals surface area contributed by atoms with Gasteiger partial charge in [0.15, 0.2) is 0 Å². The molecule has 4 atom stereocenters. The molecule has 1 aliphatic carbocycles. The van der Waals surface area contributed by atoms with Crippen molar-refractivity contribution in [3.05, 3.63) is 10.1 Å². The SMILES string of the molecule is COC1CC(N)C([N+](=O)[O-])CC1C(=O)O. The highest BCUT2D eigenvalue weighted by Gasteiger charge is 2.45. The summed E-state index contributed by atoms with van der Waals surface area (Å²) in [6.45, 7) is 0. The summed E-state index contributed by atoms with van der Waals surface area (Å²) in [5.74, 6) is -1.91. The van der Waals surface area contributed by atoms with E-state index in [1.54, 1.807) is 0 Å². The summed E-state index contributed by atoms with van der Waals surface area (Å²) in [4.78, 5) is 21.0. The van der Waals surface area contributed by atoms with Crippen LogP contribution in [0.3, 0.4) is 0 Å². The zero-order chi connectivity index (χ0) is 11.6. The van der Waals surface area contributed by atoms with Gasteiger partial charge in [0, 0.05) is 18.5 Å². The summed E-state index contributed by atoms with van der Waals surface area (Å²) in [7, 11) is 1.39. The van der Waals surface area contributed by atoms with Gasteiger partial charge in [0.2, 0.25) is 6.04 Å². The molecule has 0 aromatic heterocycles. The van der Waals surface area contributed by atoms with Gasteiger partial charge in [0.25, 0.3) is 0 Å². The second-order valence-corrected chi connectivity index (χ2v) is 3.71. The highest BCUT2D eigenvalue weighted by Crippen LogP contribution is 2.28. The minimum absolute atomic E-state index is 0.0675. The number of nitro groups is 1. The van der Waals surface area contributed by atoms with E-state index >= 15 is 0 Å². The Kier molecular flexibility index (Phi) is 3.59. The van der Waals surface area contributed by atoms with E-state index in [1.807, 2.05) is 0 Å². The smallest absolute Gasteiger partial charge is 0.309 e. The van der Waals surface area contributed by atoms with E-state index in [-0.39, 0.29) is 12.8 Å². The summed E-state index contributed by atoms with van der Waals surface area (Å²) >= 11 is 0. The molecule has 0 radical (unpaired) electrons. The molecule has 7 heteroatoms. The Morgan fingerprint density at radius 1 is 1.60 bits per heavy atom. The zero-order valence-electron chi connectivity index (χ0n) is 8.33. The van der Waals surface area contributed by atoms with Crippen LogP contribution in [0.4, 0.5) is 0 Å². The molecule has 1 saturated carbocycles. The molecule has 15 heavy (non-hydrogen) atoms. The van der Waals surface area contributed by atoms with Gasteiger partial charge in [0.05, 0.1) is 18.1 Å². The molecule has 86 valence electrons. The third-order valence-electron chi connectivity index (χ3n) is 2.83. The van der Waals surface area contributed by atoms with Crippen molar-refractivity contribution in [3.63, 3.8) is 0 Å². The van der Waals surface area contributed by atoms with E-state index in [0.29, 0.717) is 0 Å². The lowest BCUT2D eigenvalue weighted by molar-refractivity contribution is -0.531. The number of carboxylic acid groups (broad SMARTS) is 1. The minimum atomic E-state index is -1.07. The van der Waals surface area contributed by atoms with Crippen LogP contribution >= 0.6 is 0 Å². The number of aliphatic carboxylic acids is 1. The average molecular weight is 218 g/mol. The number of hydrogen-bond donors (Lipinski definition) is 2. The molecule has 0 heterocycles. The predicted octanol–water partition coefficient (Wildman–Crippen LogP) is -0.531. The number of rotatable bonds is 3. The lowest BCUT2D eigenvalue weighted by Crippen LogP contribution is -2.52. The molecule has 0 aromatic carbocycles. The monoisotopic (exact) mass is 218 g/mol. The number of carbonyl (C=O) groups is 1. The first kappa shape index (κ1) is 11.9. The number of nitrogens with zero attached hydrogens (tertiary/aromatic N) is 1. The van der Waals surface area contributed by atoms with Crippen molar-refractivity contribution in [2.45, 2.75) is 31.0 Å². The van der Waals surface area contributed by atoms with E-state index in [2.05, 4.69) is 0 Å². The van der Waals surface area contributed by atoms with Crippen molar-refractivity contribution < 1.29 is 19.6 Å². The van der Waals surface area contributed by atoms with Gasteiger partial charge in [-0.05, 0) is 6.42 Å². The fourth-order valence-electron chi connectivity index (χ4n) is 1.94. The Morgan fingerprint density at radius 3 is 2.60 bits per heavy atom. The van der Waals surface area contributed by atoms with Crippen molar-refractivity contribution in [1.29, 1.82) is 0 Å². The molecule has 3 N–H and O–H groups in total. The minimum Gasteiger partial charge on any atom is -0.481 e. The first-order chi connectivity index (χ1) is 6.97. The van der Waals surface area contributed by atoms with Crippen molar-refractivity contribution in [2.24, 2.45) is 11.7 Å². The van der Waals surface area contributed by atoms with Crippen LogP contribution in [0.5, 0.6) is 0 Å². The molecule has 0 aliphatic heterocycles. The average Bonchev–Trinajstić information content (AvgIpc) is 2.16. The second-order valence-electron chi connectivity index (χ2n) is 3.71. The van der Waals surface area contributed by atoms with Crippen LogP contribution in [0.2, 0.25) is 0 Å². The predicted molar refractivity (Wildman–Crippen MR) is 49.9 cm³/mol. The van der Waals surface area contributed by atoms with Gasteiger partial charge in [0.1, 0.15) is 0 Å². The summed E-state index contributed by atoms with van der Waals surface area (Å²) in [5.41, 5.74) is 5.59. The number of nitrogens with two attached hydrogens (primary N) is 1. The maximum absolute atomic E-state index is 10.9. The molecule has 7 nitrogen and oxygen atoms in total. The Bertz CT molecular complexity index is 270. The number of carboxylic acids is 1. The molecule has 0 spiro atoms. The van der Waals surface area contributed by atoms with Crippen LogP contribution in [0.15, 0.2) is 0 Å². The Balaban J connectivity index is 2.79. The van der Waals surface area contributed by atoms with Gasteiger partial charge in [-0.3, -0.25) is 14.9 Å². The van der Waals surface area contributed by atoms with Gasteiger partial charge in [-0.25, -0.2) is 0 Å². The van der Waals surface area contributed by atoms with E-state index in [1.165, 1.54) is 7.11 Å². The Morgan fingerprint density at radius 2 is 2.20 bits per heavy atom. The topological polar surface area (TPSA) is 116 Å². The molecule has 1 rings (SSSR count). The van der Waals surface area contributed by atoms with Crippen LogP contribution in [-0.2, 0) is 9.53 Å². The van der Waals surface area contributed by atoms with Crippen molar-refractivity contribution in [1.82, 2.24) is 0 Å². The standard InChI is InChI=1S/C8H14N2O5/c1-15-7-3-5(9)6(10(13)14)2-4(7)8(11)12/h4-7H,2-3,9H2,1H3,(H,11,12). The van der Waals surface area contributed by atoms with Crippen LogP contribution in [0.25, 0.3) is 0 Å². The molecule has 0 saturated heterocycles. The van der Waals surface area contributed by atoms with Crippen molar-refractivity contribution in [2.75, 3.05) is 7.11 Å². The number of hydrogen-bond acceptors (Lipinski definition) is 5. The van der Waals surface area contributed by atoms with Crippen LogP contribution in [-0.4, -0.2) is 41.3 Å². The number of ether oxygens (including phenoxy) is 1. The molecular weight excluding hydrogens is 204 g/mol. The van der Waals surface area contributed by atoms with Gasteiger partial charge in [-0.2, -0.15) is 0 Å². The summed E-state index contributed by atoms with van der Waals surface area (Å²) in [5, 5.41) is 19.5. The molecule has 0 amide bonds. The third kappa shape index (κ3) is 2.42. The van der Waals surface area contributed by atoms with E-state index in [9.17, 15) is 14.9 Å². The molecule has 4 unspecified atom stereocenters. The summed E-state index contributed by atoms with van der Waals surface area (Å²) in [6, 6.07) is -1.63. The van der Waals surface area contributed by atoms with E-state index in [4.69, 9.17) is 15.6 Å². The van der Waals surface area contributed by atoms with Gasteiger partial charge in [-0.1, -0.05) is 0 Å². The van der Waals surface area contributed by atoms with Crippen molar-refractivity contribution >= 4 is 5.97 Å². The first-order valence-corrected chi connectivity index (χ1v) is 4.62. The third-order valence-corrected chi connectivity index (χ3v) is 2.83. The Labute approximate surface area is 86.4 Å². The summed E-state index contributed by atoms with van der Waals surface area (Å²) in [6.07, 6.45) is -0.394. The quantitative estimate of drug-likeness (QED) is 0.486. The van der Waals surface area contributed by atoms with Gasteiger partial charge < -0.3 is 15.6 Å². The van der Waals surface area contributed by atoms with Crippen LogP contribution < -0.4 is 5.73 Å². The molecule has 0 aromatic rings. The van der Waals surface area contributed by atoms with Crippen LogP contribution in [0, 0.1) is 16.0 Å². The molecule has 0 bridgehead atoms. The maximum Gasteiger partial charge on any atom is 0.309 e. The fourth-order valence-corrected chi connectivity index (χ4v) is 1.94. The zero-order valence-corrected chi connectivity index (χ0v) is 8.33. The molecule has 1 aliphatic rings. The highest BCUT2D eigenvalue weighted by molar-refractivity contribution is 5.71. The largest absolute Gasteiger partial charge is 0.481 e. The summed E-state index contributed by atoms with van der Waals surface area (Å²) < 4.78 is 4.98. The normalized spacial score (nSPS) is 36.1. The van der Waals surface area contributed by atoms with E-state index < -0.39 is 35.0 Å². The van der Waals surface area contributed by atoms with Gasteiger partial charge in [-0.15, -0.1) is 0 Å². The lowest BCUT2D eigenvalue weighted by atomic mass is 9.80. The maximum atomic E-state index is 10.9. The second kappa shape index (κ2) is 4.54. The lowest BCUT2D eigenvalue weighted by Gasteiger charge is -2.32. The molecule has 1 fully saturated rings. The van der Waals surface area contributed by atoms with Gasteiger partial charge >= 0.3 is 5.97 Å². The van der Waals surface area contributed by atoms with E-state index in [0.717, 1.165) is 0 Å². The first-order valence-electron chi connectivity index (χ1n) is 4.62. The fraction of sp³-hybridized carbons (Fsp3) is 0.875. The Hall–Kier alpha value is -1.21. The van der Waals surface area contributed by atoms with Crippen LogP contribution in [0.1, 0.15) is 12.8 Å². The van der Waals surface area contributed by atoms with Crippen molar-refractivity contribution in [3.8, 4) is 0 Å². The molecular formula is C8H14N2O5. The number of methoxy groups -OCH3 is 1. The highest BCUT2D eigenvalue weighted by atomic mass is 16.6.